The van der Waals surface area contributed by atoms with Gasteiger partial charge in [0.05, 0.1) is 10.1 Å². The third-order valence-corrected chi connectivity index (χ3v) is 4.32. The van der Waals surface area contributed by atoms with Crippen LogP contribution in [0.2, 0.25) is 0 Å². The molecule has 16 heavy (non-hydrogen) atoms. The minimum absolute atomic E-state index is 0.138. The Kier molecular flexibility index (Phi) is 3.38. The van der Waals surface area contributed by atoms with Crippen molar-refractivity contribution in [2.75, 3.05) is 0 Å². The van der Waals surface area contributed by atoms with Crippen molar-refractivity contribution in [3.8, 4) is 0 Å². The first-order valence-corrected chi connectivity index (χ1v) is 7.42. The van der Waals surface area contributed by atoms with Crippen molar-refractivity contribution in [3.63, 3.8) is 0 Å². The summed E-state index contributed by atoms with van der Waals surface area (Å²) in [4.78, 5) is -0.138. The molecule has 0 fully saturated rings. The van der Waals surface area contributed by atoms with E-state index in [1.807, 2.05) is 0 Å². The highest BCUT2D eigenvalue weighted by Gasteiger charge is 2.19. The number of hydrogen-bond acceptors (Lipinski definition) is 4. The van der Waals surface area contributed by atoms with Crippen LogP contribution in [-0.2, 0) is 20.0 Å². The predicted molar refractivity (Wildman–Crippen MR) is 59.3 cm³/mol. The van der Waals surface area contributed by atoms with E-state index in [1.54, 1.807) is 0 Å². The van der Waals surface area contributed by atoms with Crippen molar-refractivity contribution in [2.45, 2.75) is 17.1 Å². The van der Waals surface area contributed by atoms with E-state index < -0.39 is 25.3 Å². The zero-order valence-electron chi connectivity index (χ0n) is 8.49. The van der Waals surface area contributed by atoms with Crippen LogP contribution in [0.15, 0.2) is 29.2 Å². The topological polar surface area (TPSA) is 120 Å². The fraction of sp³-hybridized carbons (Fsp3) is 0.250. The van der Waals surface area contributed by atoms with Crippen molar-refractivity contribution < 1.29 is 16.8 Å². The Morgan fingerprint density at radius 2 is 1.69 bits per heavy atom. The summed E-state index contributed by atoms with van der Waals surface area (Å²) in [6.07, 6.45) is 0. The van der Waals surface area contributed by atoms with Crippen molar-refractivity contribution in [2.24, 2.45) is 10.3 Å². The zero-order valence-corrected chi connectivity index (χ0v) is 10.1. The molecule has 8 heteroatoms. The van der Waals surface area contributed by atoms with Crippen LogP contribution in [0.5, 0.6) is 0 Å². The van der Waals surface area contributed by atoms with Gasteiger partial charge in [0.1, 0.15) is 0 Å². The molecule has 0 bridgehead atoms. The van der Waals surface area contributed by atoms with E-state index in [0.29, 0.717) is 0 Å². The predicted octanol–water partition coefficient (Wildman–Crippen LogP) is -0.317. The second-order valence-electron chi connectivity index (χ2n) is 3.35. The van der Waals surface area contributed by atoms with E-state index in [4.69, 9.17) is 10.3 Å². The standard InChI is InChI=1S/C8H12N2O4S2/c1-6(15(9,11)12)7-3-2-4-8(5-7)16(10,13)14/h2-6H,1H3,(H2,9,11,12)(H2,10,13,14). The van der Waals surface area contributed by atoms with E-state index in [2.05, 4.69) is 0 Å². The van der Waals surface area contributed by atoms with Crippen molar-refractivity contribution in [3.05, 3.63) is 29.8 Å². The lowest BCUT2D eigenvalue weighted by atomic mass is 10.2. The normalized spacial score (nSPS) is 14.7. The molecular weight excluding hydrogens is 252 g/mol. The minimum Gasteiger partial charge on any atom is -0.228 e. The molecule has 1 aromatic rings. The fourth-order valence-corrected chi connectivity index (χ4v) is 2.23. The average molecular weight is 264 g/mol. The molecule has 0 aliphatic rings. The maximum Gasteiger partial charge on any atom is 0.238 e. The van der Waals surface area contributed by atoms with Gasteiger partial charge in [-0.2, -0.15) is 0 Å². The number of sulfonamides is 2. The van der Waals surface area contributed by atoms with Crippen LogP contribution in [0.25, 0.3) is 0 Å². The number of nitrogens with two attached hydrogens (primary N) is 2. The maximum absolute atomic E-state index is 11.1. The molecule has 1 unspecified atom stereocenters. The number of primary sulfonamides is 2. The monoisotopic (exact) mass is 264 g/mol. The van der Waals surface area contributed by atoms with Gasteiger partial charge < -0.3 is 0 Å². The van der Waals surface area contributed by atoms with E-state index in [9.17, 15) is 16.8 Å². The van der Waals surface area contributed by atoms with Crippen LogP contribution < -0.4 is 10.3 Å². The third kappa shape index (κ3) is 3.01. The Morgan fingerprint density at radius 1 is 1.12 bits per heavy atom. The Balaban J connectivity index is 3.30. The molecular formula is C8H12N2O4S2. The number of hydrogen-bond donors (Lipinski definition) is 2. The molecule has 1 rings (SSSR count). The minimum atomic E-state index is -3.84. The lowest BCUT2D eigenvalue weighted by Gasteiger charge is -2.10. The second kappa shape index (κ2) is 4.13. The molecule has 0 aliphatic heterocycles. The van der Waals surface area contributed by atoms with Crippen molar-refractivity contribution >= 4 is 20.0 Å². The van der Waals surface area contributed by atoms with E-state index in [-0.39, 0.29) is 10.5 Å². The van der Waals surface area contributed by atoms with E-state index in [1.165, 1.54) is 31.2 Å². The Bertz CT molecular complexity index is 592. The summed E-state index contributed by atoms with van der Waals surface area (Å²) in [6.45, 7) is 1.37. The molecule has 4 N–H and O–H groups in total. The smallest absolute Gasteiger partial charge is 0.228 e. The molecule has 0 radical (unpaired) electrons. The van der Waals surface area contributed by atoms with Gasteiger partial charge in [-0.3, -0.25) is 0 Å². The molecule has 1 atom stereocenters. The quantitative estimate of drug-likeness (QED) is 0.777. The molecule has 0 saturated carbocycles. The first kappa shape index (κ1) is 13.1. The lowest BCUT2D eigenvalue weighted by molar-refractivity contribution is 0.586. The zero-order chi connectivity index (χ0) is 12.6. The second-order valence-corrected chi connectivity index (χ2v) is 6.80. The molecule has 0 heterocycles. The number of rotatable bonds is 3. The Labute approximate surface area is 94.4 Å². The molecule has 90 valence electrons. The van der Waals surface area contributed by atoms with Crippen LogP contribution in [0, 0.1) is 0 Å². The summed E-state index contributed by atoms with van der Waals surface area (Å²) in [5.41, 5.74) is 0.286. The van der Waals surface area contributed by atoms with E-state index >= 15 is 0 Å². The highest BCUT2D eigenvalue weighted by molar-refractivity contribution is 7.89. The van der Waals surface area contributed by atoms with Crippen molar-refractivity contribution in [1.82, 2.24) is 0 Å². The lowest BCUT2D eigenvalue weighted by Crippen LogP contribution is -2.20. The summed E-state index contributed by atoms with van der Waals surface area (Å²) in [5.74, 6) is 0. The summed E-state index contributed by atoms with van der Waals surface area (Å²) in [5, 5.41) is 8.91. The SMILES string of the molecule is CC(c1cccc(S(N)(=O)=O)c1)S(N)(=O)=O. The summed E-state index contributed by atoms with van der Waals surface area (Å²) in [6, 6.07) is 5.37. The van der Waals surface area contributed by atoms with Gasteiger partial charge in [-0.1, -0.05) is 12.1 Å². The molecule has 0 aromatic heterocycles. The highest BCUT2D eigenvalue weighted by Crippen LogP contribution is 2.21. The third-order valence-electron chi connectivity index (χ3n) is 2.15. The highest BCUT2D eigenvalue weighted by atomic mass is 32.2. The van der Waals surface area contributed by atoms with E-state index in [0.717, 1.165) is 0 Å². The molecule has 6 nitrogen and oxygen atoms in total. The van der Waals surface area contributed by atoms with Gasteiger partial charge in [0.2, 0.25) is 20.0 Å². The first-order valence-electron chi connectivity index (χ1n) is 4.27. The van der Waals surface area contributed by atoms with Crippen LogP contribution >= 0.6 is 0 Å². The summed E-state index contributed by atoms with van der Waals surface area (Å²) >= 11 is 0. The molecule has 1 aromatic carbocycles. The molecule has 0 saturated heterocycles. The van der Waals surface area contributed by atoms with Crippen molar-refractivity contribution in [1.29, 1.82) is 0 Å². The van der Waals surface area contributed by atoms with Gasteiger partial charge >= 0.3 is 0 Å². The van der Waals surface area contributed by atoms with Crippen LogP contribution in [0.1, 0.15) is 17.7 Å². The van der Waals surface area contributed by atoms with Crippen LogP contribution in [-0.4, -0.2) is 16.8 Å². The number of benzene rings is 1. The maximum atomic E-state index is 11.1. The van der Waals surface area contributed by atoms with Crippen LogP contribution in [0.3, 0.4) is 0 Å². The molecule has 0 aliphatic carbocycles. The first-order chi connectivity index (χ1) is 7.12. The van der Waals surface area contributed by atoms with Gasteiger partial charge in [0.25, 0.3) is 0 Å². The largest absolute Gasteiger partial charge is 0.238 e. The summed E-state index contributed by atoms with van der Waals surface area (Å²) < 4.78 is 44.3. The van der Waals surface area contributed by atoms with Gasteiger partial charge in [0, 0.05) is 0 Å². The van der Waals surface area contributed by atoms with Gasteiger partial charge in [0.15, 0.2) is 0 Å². The van der Waals surface area contributed by atoms with Gasteiger partial charge in [-0.15, -0.1) is 0 Å². The molecule has 0 spiro atoms. The Morgan fingerprint density at radius 3 is 2.12 bits per heavy atom. The summed E-state index contributed by atoms with van der Waals surface area (Å²) in [7, 11) is -7.59. The average Bonchev–Trinajstić information content (AvgIpc) is 2.14. The van der Waals surface area contributed by atoms with Gasteiger partial charge in [-0.05, 0) is 24.6 Å². The van der Waals surface area contributed by atoms with Crippen LogP contribution in [0.4, 0.5) is 0 Å². The van der Waals surface area contributed by atoms with Gasteiger partial charge in [-0.25, -0.2) is 27.1 Å². The Hall–Kier alpha value is -0.960. The fourth-order valence-electron chi connectivity index (χ4n) is 1.13. The molecule has 0 amide bonds.